The summed E-state index contributed by atoms with van der Waals surface area (Å²) in [5.41, 5.74) is 2.64. The van der Waals surface area contributed by atoms with Crippen LogP contribution in [0.2, 0.25) is 6.55 Å². The van der Waals surface area contributed by atoms with E-state index in [-0.39, 0.29) is 0 Å². The fourth-order valence-electron chi connectivity index (χ4n) is 1.56. The van der Waals surface area contributed by atoms with Gasteiger partial charge in [0.25, 0.3) is 0 Å². The number of benzene rings is 1. The van der Waals surface area contributed by atoms with Crippen LogP contribution in [0, 0.1) is 0 Å². The lowest BCUT2D eigenvalue weighted by Crippen LogP contribution is -2.26. The molecule has 1 aromatic rings. The fraction of sp³-hybridized carbons (Fsp3) is 0.455. The molecule has 0 aliphatic heterocycles. The first-order valence-electron chi connectivity index (χ1n) is 4.73. The van der Waals surface area contributed by atoms with Gasteiger partial charge in [0.15, 0.2) is 0 Å². The Morgan fingerprint density at radius 3 is 2.07 bits per heavy atom. The molecule has 0 bridgehead atoms. The van der Waals surface area contributed by atoms with Gasteiger partial charge in [-0.15, -0.1) is 0 Å². The van der Waals surface area contributed by atoms with Crippen molar-refractivity contribution in [2.24, 2.45) is 0 Å². The van der Waals surface area contributed by atoms with Gasteiger partial charge in [-0.1, -0.05) is 18.7 Å². The Balaban J connectivity index is 3.28. The van der Waals surface area contributed by atoms with Crippen LogP contribution < -0.4 is 15.0 Å². The summed E-state index contributed by atoms with van der Waals surface area (Å²) < 4.78 is 0. The third kappa shape index (κ3) is 2.10. The molecule has 1 aromatic carbocycles. The van der Waals surface area contributed by atoms with E-state index in [0.717, 1.165) is 9.52 Å². The van der Waals surface area contributed by atoms with Crippen molar-refractivity contribution < 1.29 is 0 Å². The predicted molar refractivity (Wildman–Crippen MR) is 66.3 cm³/mol. The van der Waals surface area contributed by atoms with E-state index in [0.29, 0.717) is 0 Å². The second kappa shape index (κ2) is 4.51. The molecule has 2 radical (unpaired) electrons. The quantitative estimate of drug-likeness (QED) is 0.686. The largest absolute Gasteiger partial charge is 0.376 e. The van der Waals surface area contributed by atoms with Gasteiger partial charge in [-0.2, -0.15) is 0 Å². The maximum absolute atomic E-state index is 2.22. The highest BCUT2D eigenvalue weighted by Gasteiger charge is 2.10. The number of hydrogen-bond donors (Lipinski definition) is 0. The Labute approximate surface area is 89.4 Å². The summed E-state index contributed by atoms with van der Waals surface area (Å²) in [5, 5.41) is 1.43. The monoisotopic (exact) mass is 206 g/mol. The van der Waals surface area contributed by atoms with Gasteiger partial charge in [-0.25, -0.2) is 0 Å². The molecule has 76 valence electrons. The molecular weight excluding hydrogens is 188 g/mol. The smallest absolute Gasteiger partial charge is 0.0803 e. The Bertz CT molecular complexity index is 308. The summed E-state index contributed by atoms with van der Waals surface area (Å²) in [5.74, 6) is 0. The van der Waals surface area contributed by atoms with E-state index in [9.17, 15) is 0 Å². The zero-order valence-corrected chi connectivity index (χ0v) is 10.6. The van der Waals surface area contributed by atoms with Crippen LogP contribution in [0.3, 0.4) is 0 Å². The lowest BCUT2D eigenvalue weighted by atomic mass is 10.2. The van der Waals surface area contributed by atoms with E-state index in [4.69, 9.17) is 0 Å². The van der Waals surface area contributed by atoms with Gasteiger partial charge in [0.05, 0.1) is 20.9 Å². The molecule has 1 rings (SSSR count). The van der Waals surface area contributed by atoms with Gasteiger partial charge in [-0.05, 0) is 11.3 Å². The Morgan fingerprint density at radius 1 is 1.00 bits per heavy atom. The summed E-state index contributed by atoms with van der Waals surface area (Å²) in [6.07, 6.45) is 0. The van der Waals surface area contributed by atoms with Crippen LogP contribution in [0.25, 0.3) is 0 Å². The maximum atomic E-state index is 2.22. The highest BCUT2D eigenvalue weighted by atomic mass is 28.2. The molecule has 0 spiro atoms. The Kier molecular flexibility index (Phi) is 3.58. The lowest BCUT2D eigenvalue weighted by molar-refractivity contribution is 1.08. The van der Waals surface area contributed by atoms with E-state index in [1.54, 1.807) is 0 Å². The minimum Gasteiger partial charge on any atom is -0.376 e. The molecule has 0 atom stereocenters. The topological polar surface area (TPSA) is 6.48 Å². The molecule has 0 aliphatic carbocycles. The molecule has 2 nitrogen and oxygen atoms in total. The van der Waals surface area contributed by atoms with Gasteiger partial charge >= 0.3 is 0 Å². The minimum absolute atomic E-state index is 0.842. The standard InChI is InChI=1S/C11H18N2Si/c1-12(2)9-7-6-8-10(14-5)11(9)13(3)4/h6-8H,1-5H3. The molecule has 0 saturated heterocycles. The van der Waals surface area contributed by atoms with Crippen LogP contribution >= 0.6 is 0 Å². The van der Waals surface area contributed by atoms with Crippen molar-refractivity contribution in [3.8, 4) is 0 Å². The van der Waals surface area contributed by atoms with Gasteiger partial charge in [0, 0.05) is 28.2 Å². The first kappa shape index (κ1) is 11.1. The van der Waals surface area contributed by atoms with Crippen LogP contribution in [0.1, 0.15) is 0 Å². The summed E-state index contributed by atoms with van der Waals surface area (Å²) >= 11 is 0. The van der Waals surface area contributed by atoms with Crippen molar-refractivity contribution in [3.63, 3.8) is 0 Å². The molecular formula is C11H18N2Si. The molecule has 0 aliphatic rings. The zero-order valence-electron chi connectivity index (χ0n) is 9.63. The highest BCUT2D eigenvalue weighted by molar-refractivity contribution is 6.54. The molecule has 0 heterocycles. The van der Waals surface area contributed by atoms with E-state index >= 15 is 0 Å². The molecule has 0 amide bonds. The van der Waals surface area contributed by atoms with Crippen LogP contribution in [0.15, 0.2) is 18.2 Å². The van der Waals surface area contributed by atoms with Crippen molar-refractivity contribution in [1.29, 1.82) is 0 Å². The molecule has 0 saturated carbocycles. The average molecular weight is 206 g/mol. The lowest BCUT2D eigenvalue weighted by Gasteiger charge is -2.25. The molecule has 0 unspecified atom stereocenters. The molecule has 0 N–H and O–H groups in total. The molecule has 0 aromatic heterocycles. The average Bonchev–Trinajstić information content (AvgIpc) is 2.16. The number of nitrogens with zero attached hydrogens (tertiary/aromatic N) is 2. The van der Waals surface area contributed by atoms with Crippen LogP contribution in [0.5, 0.6) is 0 Å². The third-order valence-electron chi connectivity index (χ3n) is 2.21. The first-order valence-corrected chi connectivity index (χ1v) is 6.23. The Hall–Kier alpha value is -0.963. The first-order chi connectivity index (χ1) is 6.57. The van der Waals surface area contributed by atoms with E-state index < -0.39 is 0 Å². The summed E-state index contributed by atoms with van der Waals surface area (Å²) in [6, 6.07) is 6.51. The normalized spacial score (nSPS) is 10.1. The second-order valence-electron chi connectivity index (χ2n) is 3.71. The second-order valence-corrected chi connectivity index (χ2v) is 4.75. The molecule has 0 fully saturated rings. The van der Waals surface area contributed by atoms with Crippen LogP contribution in [-0.4, -0.2) is 37.7 Å². The number of hydrogen-bond acceptors (Lipinski definition) is 2. The van der Waals surface area contributed by atoms with Crippen molar-refractivity contribution in [3.05, 3.63) is 18.2 Å². The summed E-state index contributed by atoms with van der Waals surface area (Å²) in [6.45, 7) is 2.22. The van der Waals surface area contributed by atoms with E-state index in [1.807, 2.05) is 0 Å². The number of anilines is 2. The SMILES string of the molecule is C[Si]c1cccc(N(C)C)c1N(C)C. The fourth-order valence-corrected chi connectivity index (χ4v) is 2.42. The maximum Gasteiger partial charge on any atom is 0.0803 e. The van der Waals surface area contributed by atoms with Gasteiger partial charge in [-0.3, -0.25) is 0 Å². The van der Waals surface area contributed by atoms with Crippen LogP contribution in [0.4, 0.5) is 11.4 Å². The molecule has 3 heteroatoms. The van der Waals surface area contributed by atoms with Gasteiger partial charge in [0.2, 0.25) is 0 Å². The minimum atomic E-state index is 0.842. The van der Waals surface area contributed by atoms with Crippen LogP contribution in [-0.2, 0) is 0 Å². The highest BCUT2D eigenvalue weighted by Crippen LogP contribution is 2.23. The van der Waals surface area contributed by atoms with Crippen molar-refractivity contribution >= 4 is 26.1 Å². The molecule has 14 heavy (non-hydrogen) atoms. The van der Waals surface area contributed by atoms with E-state index in [1.165, 1.54) is 16.6 Å². The predicted octanol–water partition coefficient (Wildman–Crippen LogP) is 1.20. The number of rotatable bonds is 3. The third-order valence-corrected chi connectivity index (χ3v) is 3.16. The van der Waals surface area contributed by atoms with Crippen molar-refractivity contribution in [2.75, 3.05) is 38.0 Å². The summed E-state index contributed by atoms with van der Waals surface area (Å²) in [7, 11) is 9.23. The van der Waals surface area contributed by atoms with Crippen molar-refractivity contribution in [1.82, 2.24) is 0 Å². The number of para-hydroxylation sites is 1. The van der Waals surface area contributed by atoms with Gasteiger partial charge < -0.3 is 9.80 Å². The summed E-state index contributed by atoms with van der Waals surface area (Å²) in [4.78, 5) is 4.36. The zero-order chi connectivity index (χ0) is 10.7. The Morgan fingerprint density at radius 2 is 1.64 bits per heavy atom. The van der Waals surface area contributed by atoms with Gasteiger partial charge in [0.1, 0.15) is 0 Å². The van der Waals surface area contributed by atoms with Crippen molar-refractivity contribution in [2.45, 2.75) is 6.55 Å². The van der Waals surface area contributed by atoms with E-state index in [2.05, 4.69) is 62.7 Å².